The maximum Gasteiger partial charge on any atom is 0.750 e. The van der Waals surface area contributed by atoms with Gasteiger partial charge in [-0.15, -0.1) is 0 Å². The second-order valence-corrected chi connectivity index (χ2v) is 7.09. The van der Waals surface area contributed by atoms with Crippen LogP contribution in [0.4, 0.5) is 0 Å². The van der Waals surface area contributed by atoms with Crippen molar-refractivity contribution in [2.24, 2.45) is 0 Å². The Bertz CT molecular complexity index is 193. The van der Waals surface area contributed by atoms with Gasteiger partial charge in [0, 0.05) is 21.3 Å². The Balaban J connectivity index is 4.54. The fraction of sp³-hybridized carbons (Fsp3) is 0.833. The Morgan fingerprint density at radius 2 is 1.50 bits per heavy atom. The molecule has 0 aromatic rings. The van der Waals surface area contributed by atoms with E-state index in [9.17, 15) is 4.79 Å². The standard InChI is InChI=1S/C6H14O5S2Si/c1-6(12,13)5(7)11-14(8-2,9-3)10-4/h12-13H,1-4H3. The highest BCUT2D eigenvalue weighted by molar-refractivity contribution is 8.01. The minimum absolute atomic E-state index is 0.679. The number of hydrogen-bond acceptors (Lipinski definition) is 7. The normalized spacial score (nSPS) is 12.7. The van der Waals surface area contributed by atoms with Crippen molar-refractivity contribution in [3.8, 4) is 0 Å². The van der Waals surface area contributed by atoms with Gasteiger partial charge in [-0.3, -0.25) is 4.79 Å². The van der Waals surface area contributed by atoms with Crippen LogP contribution >= 0.6 is 25.3 Å². The van der Waals surface area contributed by atoms with E-state index in [2.05, 4.69) is 25.3 Å². The van der Waals surface area contributed by atoms with Crippen LogP contribution in [0.15, 0.2) is 0 Å². The van der Waals surface area contributed by atoms with Gasteiger partial charge >= 0.3 is 15.0 Å². The van der Waals surface area contributed by atoms with Crippen LogP contribution in [0.3, 0.4) is 0 Å². The molecule has 0 unspecified atom stereocenters. The molecule has 84 valence electrons. The molecule has 0 fully saturated rings. The molecule has 0 saturated heterocycles. The van der Waals surface area contributed by atoms with Gasteiger partial charge in [0.05, 0.1) is 0 Å². The zero-order valence-corrected chi connectivity index (χ0v) is 11.2. The number of hydrogen-bond donors (Lipinski definition) is 2. The summed E-state index contributed by atoms with van der Waals surface area (Å²) in [7, 11) is 0.665. The Morgan fingerprint density at radius 3 is 1.71 bits per heavy atom. The van der Waals surface area contributed by atoms with Crippen molar-refractivity contribution < 1.29 is 22.5 Å². The largest absolute Gasteiger partial charge is 0.750 e. The van der Waals surface area contributed by atoms with Gasteiger partial charge in [0.2, 0.25) is 0 Å². The summed E-state index contributed by atoms with van der Waals surface area (Å²) in [4.78, 5) is 11.4. The van der Waals surface area contributed by atoms with E-state index in [0.29, 0.717) is 0 Å². The van der Waals surface area contributed by atoms with Crippen LogP contribution in [0.1, 0.15) is 6.92 Å². The zero-order valence-electron chi connectivity index (χ0n) is 8.44. The minimum atomic E-state index is -3.34. The average Bonchev–Trinajstić information content (AvgIpc) is 2.12. The smallest absolute Gasteiger partial charge is 0.450 e. The van der Waals surface area contributed by atoms with E-state index in [1.165, 1.54) is 28.3 Å². The van der Waals surface area contributed by atoms with E-state index in [-0.39, 0.29) is 0 Å². The molecule has 0 radical (unpaired) electrons. The van der Waals surface area contributed by atoms with Gasteiger partial charge in [0.15, 0.2) is 0 Å². The quantitative estimate of drug-likeness (QED) is 0.427. The third kappa shape index (κ3) is 3.79. The van der Waals surface area contributed by atoms with E-state index in [0.717, 1.165) is 0 Å². The SMILES string of the molecule is CO[Si](OC)(OC)OC(=O)C(C)(S)S. The van der Waals surface area contributed by atoms with Crippen LogP contribution < -0.4 is 0 Å². The topological polar surface area (TPSA) is 54.0 Å². The van der Waals surface area contributed by atoms with Crippen molar-refractivity contribution >= 4 is 40.3 Å². The van der Waals surface area contributed by atoms with Crippen molar-refractivity contribution in [2.45, 2.75) is 11.0 Å². The van der Waals surface area contributed by atoms with Crippen LogP contribution in [-0.4, -0.2) is 40.4 Å². The molecule has 0 heterocycles. The summed E-state index contributed by atoms with van der Waals surface area (Å²) in [5.74, 6) is -0.679. The van der Waals surface area contributed by atoms with E-state index in [4.69, 9.17) is 17.7 Å². The van der Waals surface area contributed by atoms with Crippen molar-refractivity contribution in [1.29, 1.82) is 0 Å². The number of rotatable bonds is 5. The molecule has 5 nitrogen and oxygen atoms in total. The monoisotopic (exact) mass is 258 g/mol. The van der Waals surface area contributed by atoms with Crippen molar-refractivity contribution in [2.75, 3.05) is 21.3 Å². The van der Waals surface area contributed by atoms with E-state index in [1.54, 1.807) is 0 Å². The molecular formula is C6H14O5S2Si. The van der Waals surface area contributed by atoms with Gasteiger partial charge in [-0.1, -0.05) is 0 Å². The summed E-state index contributed by atoms with van der Waals surface area (Å²) in [6.07, 6.45) is 0. The summed E-state index contributed by atoms with van der Waals surface area (Å²) in [6, 6.07) is 0. The van der Waals surface area contributed by atoms with Gasteiger partial charge < -0.3 is 17.7 Å². The van der Waals surface area contributed by atoms with Crippen LogP contribution in [-0.2, 0) is 22.5 Å². The van der Waals surface area contributed by atoms with E-state index >= 15 is 0 Å². The molecule has 0 rings (SSSR count). The molecule has 0 bridgehead atoms. The Morgan fingerprint density at radius 1 is 1.14 bits per heavy atom. The highest BCUT2D eigenvalue weighted by Crippen LogP contribution is 2.22. The van der Waals surface area contributed by atoms with Gasteiger partial charge in [0.1, 0.15) is 4.08 Å². The first-order valence-electron chi connectivity index (χ1n) is 3.65. The average molecular weight is 258 g/mol. The molecule has 8 heteroatoms. The highest BCUT2D eigenvalue weighted by Gasteiger charge is 2.49. The predicted molar refractivity (Wildman–Crippen MR) is 59.3 cm³/mol. The Hall–Kier alpha value is 0.267. The summed E-state index contributed by atoms with van der Waals surface area (Å²) >= 11 is 7.85. The highest BCUT2D eigenvalue weighted by atomic mass is 32.2. The van der Waals surface area contributed by atoms with Crippen molar-refractivity contribution in [3.63, 3.8) is 0 Å². The maximum absolute atomic E-state index is 11.4. The fourth-order valence-corrected chi connectivity index (χ4v) is 2.03. The molecule has 0 N–H and O–H groups in total. The summed E-state index contributed by atoms with van der Waals surface area (Å²) in [6.45, 7) is 1.47. The lowest BCUT2D eigenvalue weighted by Crippen LogP contribution is -2.50. The van der Waals surface area contributed by atoms with Crippen LogP contribution in [0.25, 0.3) is 0 Å². The lowest BCUT2D eigenvalue weighted by atomic mass is 10.5. The lowest BCUT2D eigenvalue weighted by Gasteiger charge is -2.25. The van der Waals surface area contributed by atoms with Crippen LogP contribution in [0.2, 0.25) is 0 Å². The summed E-state index contributed by atoms with van der Waals surface area (Å²) in [5.41, 5.74) is 0. The Labute approximate surface area is 95.4 Å². The molecule has 0 aliphatic heterocycles. The first-order valence-corrected chi connectivity index (χ1v) is 6.17. The molecule has 0 aliphatic rings. The first-order chi connectivity index (χ1) is 6.31. The van der Waals surface area contributed by atoms with Gasteiger partial charge in [-0.25, -0.2) is 0 Å². The summed E-state index contributed by atoms with van der Waals surface area (Å²) in [5, 5.41) is 0. The molecule has 0 aliphatic carbocycles. The zero-order chi connectivity index (χ0) is 11.4. The first kappa shape index (κ1) is 14.3. The number of carbonyl (C=O) groups is 1. The molecule has 14 heavy (non-hydrogen) atoms. The van der Waals surface area contributed by atoms with E-state index in [1.807, 2.05) is 0 Å². The van der Waals surface area contributed by atoms with E-state index < -0.39 is 19.1 Å². The second kappa shape index (κ2) is 5.38. The predicted octanol–water partition coefficient (Wildman–Crippen LogP) is 0.480. The van der Waals surface area contributed by atoms with Crippen LogP contribution in [0, 0.1) is 0 Å². The molecule has 0 aromatic carbocycles. The van der Waals surface area contributed by atoms with Gasteiger partial charge in [-0.05, 0) is 6.92 Å². The lowest BCUT2D eigenvalue weighted by molar-refractivity contribution is -0.142. The number of thiol groups is 2. The summed E-state index contributed by atoms with van der Waals surface area (Å²) < 4.78 is 18.4. The van der Waals surface area contributed by atoms with Gasteiger partial charge in [-0.2, -0.15) is 25.3 Å². The maximum atomic E-state index is 11.4. The van der Waals surface area contributed by atoms with Gasteiger partial charge in [0.25, 0.3) is 0 Å². The molecular weight excluding hydrogens is 244 g/mol. The Kier molecular flexibility index (Phi) is 5.48. The molecule has 0 aromatic heterocycles. The molecule has 0 saturated carbocycles. The molecule has 0 spiro atoms. The molecule has 0 atom stereocenters. The van der Waals surface area contributed by atoms with Crippen molar-refractivity contribution in [1.82, 2.24) is 0 Å². The fourth-order valence-electron chi connectivity index (χ4n) is 0.585. The number of carbonyl (C=O) groups excluding carboxylic acids is 1. The molecule has 0 amide bonds. The van der Waals surface area contributed by atoms with Crippen LogP contribution in [0.5, 0.6) is 0 Å². The third-order valence-electron chi connectivity index (χ3n) is 1.35. The second-order valence-electron chi connectivity index (χ2n) is 2.52. The van der Waals surface area contributed by atoms with Crippen molar-refractivity contribution in [3.05, 3.63) is 0 Å². The third-order valence-corrected chi connectivity index (χ3v) is 3.65. The minimum Gasteiger partial charge on any atom is -0.450 e.